The predicted octanol–water partition coefficient (Wildman–Crippen LogP) is 4.37. The van der Waals surface area contributed by atoms with Crippen LogP contribution in [0.1, 0.15) is 38.0 Å². The van der Waals surface area contributed by atoms with Crippen LogP contribution in [0.25, 0.3) is 0 Å². The molecule has 1 aromatic heterocycles. The molecular formula is C13H20ClNS. The third-order valence-corrected chi connectivity index (χ3v) is 5.20. The van der Waals surface area contributed by atoms with Gasteiger partial charge in [-0.25, -0.2) is 0 Å². The smallest absolute Gasteiger partial charge is 0.0794 e. The monoisotopic (exact) mass is 257 g/mol. The Kier molecular flexibility index (Phi) is 4.26. The number of aromatic nitrogens is 1. The Morgan fingerprint density at radius 3 is 2.94 bits per heavy atom. The first kappa shape index (κ1) is 12.4. The van der Waals surface area contributed by atoms with Gasteiger partial charge in [0.25, 0.3) is 0 Å². The molecule has 1 nitrogen and oxygen atoms in total. The molecule has 0 saturated heterocycles. The summed E-state index contributed by atoms with van der Waals surface area (Å²) in [5.74, 6) is 2.32. The van der Waals surface area contributed by atoms with Crippen molar-refractivity contribution in [3.8, 4) is 0 Å². The molecule has 1 aromatic rings. The van der Waals surface area contributed by atoms with Crippen molar-refractivity contribution < 1.29 is 0 Å². The van der Waals surface area contributed by atoms with Gasteiger partial charge in [-0.2, -0.15) is 0 Å². The first-order valence-corrected chi connectivity index (χ1v) is 7.50. The van der Waals surface area contributed by atoms with Crippen LogP contribution in [-0.4, -0.2) is 10.4 Å². The summed E-state index contributed by atoms with van der Waals surface area (Å²) in [6.45, 7) is 4.67. The SMILES string of the molecule is CC(C)C1CCC(Cl)C(Cc2cncs2)C1. The van der Waals surface area contributed by atoms with Gasteiger partial charge in [0.05, 0.1) is 5.51 Å². The van der Waals surface area contributed by atoms with Crippen LogP contribution in [0.2, 0.25) is 0 Å². The van der Waals surface area contributed by atoms with Gasteiger partial charge in [0, 0.05) is 16.5 Å². The van der Waals surface area contributed by atoms with Crippen LogP contribution >= 0.6 is 22.9 Å². The van der Waals surface area contributed by atoms with Gasteiger partial charge in [0.2, 0.25) is 0 Å². The molecule has 0 bridgehead atoms. The van der Waals surface area contributed by atoms with Crippen LogP contribution in [0, 0.1) is 17.8 Å². The van der Waals surface area contributed by atoms with E-state index in [0.717, 1.165) is 18.3 Å². The van der Waals surface area contributed by atoms with Crippen LogP contribution < -0.4 is 0 Å². The first-order valence-electron chi connectivity index (χ1n) is 6.18. The average Bonchev–Trinajstić information content (AvgIpc) is 2.73. The van der Waals surface area contributed by atoms with Gasteiger partial charge in [-0.3, -0.25) is 4.98 Å². The standard InChI is InChI=1S/C13H20ClNS/c1-9(2)10-3-4-13(14)11(5-10)6-12-7-15-8-16-12/h7-11,13H,3-6H2,1-2H3. The highest BCUT2D eigenvalue weighted by molar-refractivity contribution is 7.09. The fraction of sp³-hybridized carbons (Fsp3) is 0.769. The Labute approximate surface area is 107 Å². The lowest BCUT2D eigenvalue weighted by Crippen LogP contribution is -2.29. The first-order chi connectivity index (χ1) is 7.66. The lowest BCUT2D eigenvalue weighted by Gasteiger charge is -2.34. The second-order valence-corrected chi connectivity index (χ2v) is 6.80. The molecule has 1 saturated carbocycles. The number of hydrogen-bond donors (Lipinski definition) is 0. The molecule has 16 heavy (non-hydrogen) atoms. The van der Waals surface area contributed by atoms with E-state index in [1.807, 2.05) is 11.7 Å². The molecule has 90 valence electrons. The lowest BCUT2D eigenvalue weighted by atomic mass is 9.75. The van der Waals surface area contributed by atoms with E-state index in [2.05, 4.69) is 18.8 Å². The Morgan fingerprint density at radius 2 is 2.31 bits per heavy atom. The van der Waals surface area contributed by atoms with Gasteiger partial charge >= 0.3 is 0 Å². The van der Waals surface area contributed by atoms with Gasteiger partial charge in [-0.05, 0) is 43.4 Å². The molecule has 0 spiro atoms. The maximum atomic E-state index is 6.45. The van der Waals surface area contributed by atoms with Crippen LogP contribution in [0.4, 0.5) is 0 Å². The van der Waals surface area contributed by atoms with E-state index in [0.29, 0.717) is 11.3 Å². The Morgan fingerprint density at radius 1 is 1.50 bits per heavy atom. The second kappa shape index (κ2) is 5.50. The molecule has 0 radical (unpaired) electrons. The molecule has 1 aliphatic carbocycles. The van der Waals surface area contributed by atoms with Crippen molar-refractivity contribution in [1.82, 2.24) is 4.98 Å². The molecule has 0 aliphatic heterocycles. The highest BCUT2D eigenvalue weighted by Crippen LogP contribution is 2.38. The van der Waals surface area contributed by atoms with Crippen molar-refractivity contribution in [2.45, 2.75) is 44.9 Å². The summed E-state index contributed by atoms with van der Waals surface area (Å²) in [5.41, 5.74) is 1.92. The third kappa shape index (κ3) is 2.98. The van der Waals surface area contributed by atoms with E-state index in [1.165, 1.54) is 24.1 Å². The molecule has 2 rings (SSSR count). The van der Waals surface area contributed by atoms with E-state index < -0.39 is 0 Å². The summed E-state index contributed by atoms with van der Waals surface area (Å²) in [5, 5.41) is 0.372. The van der Waals surface area contributed by atoms with Gasteiger partial charge in [0.1, 0.15) is 0 Å². The van der Waals surface area contributed by atoms with Gasteiger partial charge in [-0.1, -0.05) is 13.8 Å². The largest absolute Gasteiger partial charge is 0.253 e. The summed E-state index contributed by atoms with van der Waals surface area (Å²) in [6.07, 6.45) is 6.91. The molecule has 0 N–H and O–H groups in total. The minimum absolute atomic E-state index is 0.372. The lowest BCUT2D eigenvalue weighted by molar-refractivity contribution is 0.218. The average molecular weight is 258 g/mol. The fourth-order valence-corrected chi connectivity index (χ4v) is 3.69. The highest BCUT2D eigenvalue weighted by Gasteiger charge is 2.30. The van der Waals surface area contributed by atoms with E-state index >= 15 is 0 Å². The molecule has 1 aliphatic rings. The van der Waals surface area contributed by atoms with Crippen molar-refractivity contribution in [1.29, 1.82) is 0 Å². The predicted molar refractivity (Wildman–Crippen MR) is 71.1 cm³/mol. The van der Waals surface area contributed by atoms with Crippen molar-refractivity contribution in [2.75, 3.05) is 0 Å². The molecule has 3 unspecified atom stereocenters. The van der Waals surface area contributed by atoms with Crippen molar-refractivity contribution in [2.24, 2.45) is 17.8 Å². The van der Waals surface area contributed by atoms with Crippen molar-refractivity contribution in [3.05, 3.63) is 16.6 Å². The second-order valence-electron chi connectivity index (χ2n) is 5.27. The minimum atomic E-state index is 0.372. The molecule has 0 aromatic carbocycles. The zero-order valence-corrected chi connectivity index (χ0v) is 11.6. The molecule has 1 fully saturated rings. The van der Waals surface area contributed by atoms with Crippen molar-refractivity contribution >= 4 is 22.9 Å². The van der Waals surface area contributed by atoms with Gasteiger partial charge < -0.3 is 0 Å². The molecule has 0 amide bonds. The Bertz CT molecular complexity index is 310. The third-order valence-electron chi connectivity index (χ3n) is 3.82. The van der Waals surface area contributed by atoms with Crippen LogP contribution in [0.3, 0.4) is 0 Å². The number of alkyl halides is 1. The topological polar surface area (TPSA) is 12.9 Å². The fourth-order valence-electron chi connectivity index (χ4n) is 2.68. The number of halogens is 1. The summed E-state index contributed by atoms with van der Waals surface area (Å²) in [6, 6.07) is 0. The number of thiazole rings is 1. The molecule has 3 heteroatoms. The zero-order chi connectivity index (χ0) is 11.5. The van der Waals surface area contributed by atoms with Crippen molar-refractivity contribution in [3.63, 3.8) is 0 Å². The Hall–Kier alpha value is -0.0800. The summed E-state index contributed by atoms with van der Waals surface area (Å²) < 4.78 is 0. The summed E-state index contributed by atoms with van der Waals surface area (Å²) in [7, 11) is 0. The van der Waals surface area contributed by atoms with Crippen LogP contribution in [0.5, 0.6) is 0 Å². The number of rotatable bonds is 3. The zero-order valence-electron chi connectivity index (χ0n) is 10.0. The highest BCUT2D eigenvalue weighted by atomic mass is 35.5. The molecular weight excluding hydrogens is 238 g/mol. The van der Waals surface area contributed by atoms with Crippen LogP contribution in [-0.2, 0) is 6.42 Å². The normalized spacial score (nSPS) is 30.9. The number of hydrogen-bond acceptors (Lipinski definition) is 2. The molecule has 1 heterocycles. The van der Waals surface area contributed by atoms with E-state index in [-0.39, 0.29) is 0 Å². The maximum absolute atomic E-state index is 6.45. The molecule has 3 atom stereocenters. The quantitative estimate of drug-likeness (QED) is 0.733. The number of nitrogens with zero attached hydrogens (tertiary/aromatic N) is 1. The summed E-state index contributed by atoms with van der Waals surface area (Å²) >= 11 is 8.21. The van der Waals surface area contributed by atoms with Gasteiger partial charge in [0.15, 0.2) is 0 Å². The minimum Gasteiger partial charge on any atom is -0.253 e. The van der Waals surface area contributed by atoms with E-state index in [4.69, 9.17) is 11.6 Å². The maximum Gasteiger partial charge on any atom is 0.0794 e. The Balaban J connectivity index is 1.96. The van der Waals surface area contributed by atoms with E-state index in [9.17, 15) is 0 Å². The van der Waals surface area contributed by atoms with E-state index in [1.54, 1.807) is 11.3 Å². The van der Waals surface area contributed by atoms with Crippen LogP contribution in [0.15, 0.2) is 11.7 Å². The summed E-state index contributed by atoms with van der Waals surface area (Å²) in [4.78, 5) is 5.53. The van der Waals surface area contributed by atoms with Gasteiger partial charge in [-0.15, -0.1) is 22.9 Å².